The second-order valence-electron chi connectivity index (χ2n) is 19.1. The quantitative estimate of drug-likeness (QED) is 0.0349. The molecule has 0 unspecified atom stereocenters. The summed E-state index contributed by atoms with van der Waals surface area (Å²) in [4.78, 5) is 60.1. The van der Waals surface area contributed by atoms with Gasteiger partial charge in [0, 0.05) is 50.0 Å². The lowest BCUT2D eigenvalue weighted by atomic mass is 10.0. The van der Waals surface area contributed by atoms with Crippen LogP contribution in [0.3, 0.4) is 0 Å². The summed E-state index contributed by atoms with van der Waals surface area (Å²) in [7, 11) is 0. The standard InChI is InChI=1S/C56H106N6O22S/c1-2-68-17-18-72-25-26-76-33-34-80-38-35-77-30-27-73-22-19-69-14-10-52(64)59-13-16-71-21-24-75-29-32-79-37-40-82-42-44-84-46-45-83-43-41-81-39-36-78-31-28-74-23-20-70-15-11-53(65)60-48(55(57)66)7-5-6-12-58-51(63)9-4-3-8-50-54-49(47-85-50)61-56(67)62-54/h48-50,54H,2-47H2,1H3,(H2,57,66)(H,58,63)(H,59,64)(H,60,65)(H2,61,62,67)/t48-,49-,50-,54-/m0/s1. The summed E-state index contributed by atoms with van der Waals surface area (Å²) >= 11 is 1.87. The molecule has 0 spiro atoms. The van der Waals surface area contributed by atoms with Crippen molar-refractivity contribution in [1.82, 2.24) is 26.6 Å². The van der Waals surface area contributed by atoms with E-state index in [0.29, 0.717) is 262 Å². The lowest BCUT2D eigenvalue weighted by Crippen LogP contribution is -2.44. The molecular weight excluding hydrogens is 1140 g/mol. The Labute approximate surface area is 508 Å². The number of carbonyl (C=O) groups excluding carboxylic acids is 5. The molecule has 2 fully saturated rings. The van der Waals surface area contributed by atoms with Gasteiger partial charge in [0.05, 0.1) is 230 Å². The molecule has 2 heterocycles. The molecule has 85 heavy (non-hydrogen) atoms. The van der Waals surface area contributed by atoms with Gasteiger partial charge in [0.1, 0.15) is 6.04 Å². The van der Waals surface area contributed by atoms with E-state index in [0.717, 1.165) is 25.0 Å². The number of nitrogens with one attached hydrogen (secondary N) is 5. The zero-order chi connectivity index (χ0) is 61.0. The molecule has 0 bridgehead atoms. The van der Waals surface area contributed by atoms with E-state index >= 15 is 0 Å². The zero-order valence-electron chi connectivity index (χ0n) is 50.8. The Morgan fingerprint density at radius 1 is 0.435 bits per heavy atom. The third-order valence-corrected chi connectivity index (χ3v) is 13.8. The first-order chi connectivity index (χ1) is 41.8. The highest BCUT2D eigenvalue weighted by Crippen LogP contribution is 2.33. The van der Waals surface area contributed by atoms with Crippen molar-refractivity contribution in [3.8, 4) is 0 Å². The summed E-state index contributed by atoms with van der Waals surface area (Å²) in [6.45, 7) is 17.9. The molecule has 2 aliphatic heterocycles. The highest BCUT2D eigenvalue weighted by atomic mass is 32.2. The molecule has 0 aromatic carbocycles. The summed E-state index contributed by atoms with van der Waals surface area (Å²) in [5.41, 5.74) is 5.51. The summed E-state index contributed by atoms with van der Waals surface area (Å²) in [5.74, 6) is -0.124. The van der Waals surface area contributed by atoms with E-state index in [-0.39, 0.29) is 55.3 Å². The van der Waals surface area contributed by atoms with Crippen molar-refractivity contribution in [2.45, 2.75) is 88.1 Å². The van der Waals surface area contributed by atoms with Crippen LogP contribution in [0.5, 0.6) is 0 Å². The topological polar surface area (TPSA) is 328 Å². The summed E-state index contributed by atoms with van der Waals surface area (Å²) in [5, 5.41) is 14.7. The van der Waals surface area contributed by atoms with E-state index in [4.69, 9.17) is 86.3 Å². The SMILES string of the molecule is CCOCCOCCOCCOCCOCCOCCOCCC(=O)NCCOCCOCCOCCOCCOCCOCCOCCOCCOCCOCCC(=O)N[C@@H](CCCCNC(=O)CCCC[C@@H]1SC[C@@H]2NC(=O)N[C@@H]21)C(N)=O. The molecule has 0 radical (unpaired) electrons. The number of unbranched alkanes of at least 4 members (excludes halogenated alkanes) is 2. The third kappa shape index (κ3) is 50.4. The van der Waals surface area contributed by atoms with Gasteiger partial charge in [-0.25, -0.2) is 4.79 Å². The molecular formula is C56H106N6O22S. The van der Waals surface area contributed by atoms with Gasteiger partial charge in [-0.3, -0.25) is 19.2 Å². The fourth-order valence-electron chi connectivity index (χ4n) is 7.84. The van der Waals surface area contributed by atoms with Gasteiger partial charge in [-0.05, 0) is 39.0 Å². The van der Waals surface area contributed by atoms with Crippen LogP contribution in [0.15, 0.2) is 0 Å². The van der Waals surface area contributed by atoms with Crippen LogP contribution in [0.1, 0.15) is 64.7 Å². The van der Waals surface area contributed by atoms with E-state index < -0.39 is 11.9 Å². The molecule has 2 saturated heterocycles. The molecule has 0 aromatic heterocycles. The molecule has 2 rings (SSSR count). The van der Waals surface area contributed by atoms with Crippen molar-refractivity contribution < 1.29 is 104 Å². The minimum atomic E-state index is -0.790. The minimum Gasteiger partial charge on any atom is -0.379 e. The molecule has 6 amide bonds. The normalized spacial score (nSPS) is 15.9. The van der Waals surface area contributed by atoms with Crippen LogP contribution in [-0.4, -0.2) is 297 Å². The number of rotatable bonds is 67. The van der Waals surface area contributed by atoms with Crippen LogP contribution in [0.4, 0.5) is 4.79 Å². The van der Waals surface area contributed by atoms with Crippen molar-refractivity contribution in [3.05, 3.63) is 0 Å². The Kier molecular flexibility index (Phi) is 54.8. The van der Waals surface area contributed by atoms with E-state index in [2.05, 4.69) is 26.6 Å². The van der Waals surface area contributed by atoms with E-state index in [9.17, 15) is 24.0 Å². The fourth-order valence-corrected chi connectivity index (χ4v) is 9.39. The van der Waals surface area contributed by atoms with Gasteiger partial charge in [0.15, 0.2) is 0 Å². The highest BCUT2D eigenvalue weighted by Gasteiger charge is 2.42. The summed E-state index contributed by atoms with van der Waals surface area (Å²) < 4.78 is 92.9. The maximum absolute atomic E-state index is 12.4. The smallest absolute Gasteiger partial charge is 0.315 e. The predicted octanol–water partition coefficient (Wildman–Crippen LogP) is 0.167. The Morgan fingerprint density at radius 3 is 1.19 bits per heavy atom. The fraction of sp³-hybridized carbons (Fsp3) is 0.911. The number of hydrogen-bond donors (Lipinski definition) is 6. The van der Waals surface area contributed by atoms with Crippen molar-refractivity contribution >= 4 is 41.4 Å². The molecule has 498 valence electrons. The van der Waals surface area contributed by atoms with Crippen LogP contribution in [0.25, 0.3) is 0 Å². The van der Waals surface area contributed by atoms with E-state index in [1.807, 2.05) is 18.7 Å². The second kappa shape index (κ2) is 59.8. The molecule has 0 saturated carbocycles. The monoisotopic (exact) mass is 1250 g/mol. The largest absolute Gasteiger partial charge is 0.379 e. The van der Waals surface area contributed by atoms with Gasteiger partial charge in [-0.1, -0.05) is 6.42 Å². The van der Waals surface area contributed by atoms with Gasteiger partial charge >= 0.3 is 6.03 Å². The van der Waals surface area contributed by atoms with Gasteiger partial charge < -0.3 is 113 Å². The molecule has 7 N–H and O–H groups in total. The summed E-state index contributed by atoms with van der Waals surface area (Å²) in [6, 6.07) is -0.498. The average Bonchev–Trinajstić information content (AvgIpc) is 4.24. The lowest BCUT2D eigenvalue weighted by molar-refractivity contribution is -0.128. The Bertz CT molecular complexity index is 1590. The number of thioether (sulfide) groups is 1. The van der Waals surface area contributed by atoms with Crippen molar-refractivity contribution in [3.63, 3.8) is 0 Å². The summed E-state index contributed by atoms with van der Waals surface area (Å²) in [6.07, 6.45) is 5.10. The maximum atomic E-state index is 12.4. The number of fused-ring (bicyclic) bond motifs is 1. The first-order valence-electron chi connectivity index (χ1n) is 30.4. The number of primary amides is 1. The molecule has 29 heteroatoms. The van der Waals surface area contributed by atoms with Crippen LogP contribution in [0, 0.1) is 0 Å². The van der Waals surface area contributed by atoms with Crippen LogP contribution in [-0.2, 0) is 99.7 Å². The molecule has 4 atom stereocenters. The predicted molar refractivity (Wildman–Crippen MR) is 314 cm³/mol. The molecule has 28 nitrogen and oxygen atoms in total. The Hall–Kier alpha value is -3.18. The Morgan fingerprint density at radius 2 is 0.788 bits per heavy atom. The maximum Gasteiger partial charge on any atom is 0.315 e. The van der Waals surface area contributed by atoms with E-state index in [1.54, 1.807) is 0 Å². The first-order valence-corrected chi connectivity index (χ1v) is 31.5. The second-order valence-corrected chi connectivity index (χ2v) is 20.4. The molecule has 2 aliphatic rings. The lowest BCUT2D eigenvalue weighted by Gasteiger charge is -2.16. The third-order valence-electron chi connectivity index (χ3n) is 12.3. The number of nitrogens with two attached hydrogens (primary N) is 1. The number of amides is 6. The number of hydrogen-bond acceptors (Lipinski definition) is 23. The highest BCUT2D eigenvalue weighted by molar-refractivity contribution is 8.00. The first kappa shape index (κ1) is 77.9. The number of carbonyl (C=O) groups is 5. The molecule has 0 aromatic rings. The van der Waals surface area contributed by atoms with Crippen LogP contribution < -0.4 is 32.3 Å². The number of ether oxygens (including phenoxy) is 17. The minimum absolute atomic E-state index is 0.00779. The van der Waals surface area contributed by atoms with Crippen LogP contribution >= 0.6 is 11.8 Å². The van der Waals surface area contributed by atoms with Crippen molar-refractivity contribution in [2.24, 2.45) is 5.73 Å². The average molecular weight is 1250 g/mol. The van der Waals surface area contributed by atoms with Gasteiger partial charge in [0.2, 0.25) is 23.6 Å². The van der Waals surface area contributed by atoms with Gasteiger partial charge in [0.25, 0.3) is 0 Å². The van der Waals surface area contributed by atoms with Gasteiger partial charge in [-0.15, -0.1) is 0 Å². The zero-order valence-corrected chi connectivity index (χ0v) is 51.6. The van der Waals surface area contributed by atoms with Crippen LogP contribution in [0.2, 0.25) is 0 Å². The van der Waals surface area contributed by atoms with E-state index in [1.165, 1.54) is 0 Å². The van der Waals surface area contributed by atoms with Crippen molar-refractivity contribution in [1.29, 1.82) is 0 Å². The number of urea groups is 1. The van der Waals surface area contributed by atoms with Gasteiger partial charge in [-0.2, -0.15) is 11.8 Å². The van der Waals surface area contributed by atoms with Crippen molar-refractivity contribution in [2.75, 3.05) is 243 Å². The Balaban J connectivity index is 1.17. The molecule has 0 aliphatic carbocycles.